The molecular weight excluding hydrogens is 304 g/mol. The number of carbonyl (C=O) groups excluding carboxylic acids is 1. The molecule has 0 N–H and O–H groups in total. The Kier molecular flexibility index (Phi) is 16.6. The second kappa shape index (κ2) is 17.4. The number of methoxy groups -OCH3 is 1. The molecule has 7 nitrogen and oxygen atoms in total. The van der Waals surface area contributed by atoms with E-state index in [2.05, 4.69) is 6.58 Å². The van der Waals surface area contributed by atoms with Crippen molar-refractivity contribution < 1.29 is 33.2 Å². The molecule has 0 aliphatic heterocycles. The first-order valence-corrected chi connectivity index (χ1v) is 7.79. The van der Waals surface area contributed by atoms with Crippen LogP contribution in [0.2, 0.25) is 0 Å². The van der Waals surface area contributed by atoms with Crippen molar-refractivity contribution in [2.45, 2.75) is 6.92 Å². The first kappa shape index (κ1) is 22.0. The second-order valence-electron chi connectivity index (χ2n) is 4.72. The minimum atomic E-state index is -0.277. The summed E-state index contributed by atoms with van der Waals surface area (Å²) in [4.78, 5) is 11.4. The van der Waals surface area contributed by atoms with E-state index in [-0.39, 0.29) is 18.5 Å². The van der Waals surface area contributed by atoms with E-state index < -0.39 is 0 Å². The smallest absolute Gasteiger partial charge is 0.311 e. The Morgan fingerprint density at radius 3 is 1.87 bits per heavy atom. The van der Waals surface area contributed by atoms with Crippen molar-refractivity contribution >= 4 is 5.97 Å². The summed E-state index contributed by atoms with van der Waals surface area (Å²) in [6.45, 7) is 9.85. The van der Waals surface area contributed by atoms with E-state index in [4.69, 9.17) is 28.4 Å². The van der Waals surface area contributed by atoms with E-state index in [1.807, 2.05) is 0 Å². The van der Waals surface area contributed by atoms with Crippen molar-refractivity contribution in [2.75, 3.05) is 73.2 Å². The number of hydrogen-bond acceptors (Lipinski definition) is 7. The molecule has 7 heteroatoms. The van der Waals surface area contributed by atoms with Gasteiger partial charge in [0, 0.05) is 7.11 Å². The van der Waals surface area contributed by atoms with Crippen LogP contribution in [0.1, 0.15) is 6.92 Å². The maximum Gasteiger partial charge on any atom is 0.311 e. The third-order valence-corrected chi connectivity index (χ3v) is 2.64. The molecule has 0 spiro atoms. The van der Waals surface area contributed by atoms with Crippen LogP contribution in [0.5, 0.6) is 0 Å². The Balaban J connectivity index is 3.16. The van der Waals surface area contributed by atoms with Crippen molar-refractivity contribution in [3.05, 3.63) is 12.7 Å². The number of hydrogen-bond donors (Lipinski definition) is 0. The fourth-order valence-electron chi connectivity index (χ4n) is 1.49. The summed E-state index contributed by atoms with van der Waals surface area (Å²) in [6, 6.07) is 0. The quantitative estimate of drug-likeness (QED) is 0.224. The van der Waals surface area contributed by atoms with Crippen LogP contribution in [-0.4, -0.2) is 79.1 Å². The van der Waals surface area contributed by atoms with Crippen molar-refractivity contribution in [3.63, 3.8) is 0 Å². The fourth-order valence-corrected chi connectivity index (χ4v) is 1.49. The lowest BCUT2D eigenvalue weighted by Gasteiger charge is -2.10. The number of carbonyl (C=O) groups is 1. The van der Waals surface area contributed by atoms with E-state index >= 15 is 0 Å². The first-order chi connectivity index (χ1) is 11.2. The molecule has 0 fully saturated rings. The molecule has 0 rings (SSSR count). The van der Waals surface area contributed by atoms with E-state index in [9.17, 15) is 4.79 Å². The molecule has 0 radical (unpaired) electrons. The van der Waals surface area contributed by atoms with Gasteiger partial charge in [-0.2, -0.15) is 0 Å². The predicted molar refractivity (Wildman–Crippen MR) is 85.5 cm³/mol. The Morgan fingerprint density at radius 2 is 1.39 bits per heavy atom. The molecule has 0 heterocycles. The third kappa shape index (κ3) is 15.7. The van der Waals surface area contributed by atoms with E-state index in [1.165, 1.54) is 0 Å². The van der Waals surface area contributed by atoms with Gasteiger partial charge in [0.25, 0.3) is 0 Å². The maximum atomic E-state index is 11.4. The van der Waals surface area contributed by atoms with Crippen LogP contribution in [-0.2, 0) is 33.2 Å². The summed E-state index contributed by atoms with van der Waals surface area (Å²) in [5.74, 6) is -0.536. The van der Waals surface area contributed by atoms with Gasteiger partial charge in [0.1, 0.15) is 6.61 Å². The minimum absolute atomic E-state index is 0.237. The third-order valence-electron chi connectivity index (χ3n) is 2.64. The maximum absolute atomic E-state index is 11.4. The molecule has 0 aromatic heterocycles. The SMILES string of the molecule is C=CCOCCOCCOCCOCCOC(=O)C(C)COC. The summed E-state index contributed by atoms with van der Waals surface area (Å²) >= 11 is 0. The van der Waals surface area contributed by atoms with Gasteiger partial charge >= 0.3 is 5.97 Å². The summed E-state index contributed by atoms with van der Waals surface area (Å²) in [6.07, 6.45) is 1.70. The Bertz CT molecular complexity index is 284. The standard InChI is InChI=1S/C16H30O7/c1-4-5-19-6-7-20-8-9-21-10-11-22-12-13-23-16(17)15(2)14-18-3/h4,15H,1,5-14H2,2-3H3. The van der Waals surface area contributed by atoms with E-state index in [0.29, 0.717) is 59.5 Å². The van der Waals surface area contributed by atoms with Crippen LogP contribution in [0.15, 0.2) is 12.7 Å². The molecule has 136 valence electrons. The van der Waals surface area contributed by atoms with Crippen LogP contribution < -0.4 is 0 Å². The van der Waals surface area contributed by atoms with E-state index in [1.54, 1.807) is 20.1 Å². The van der Waals surface area contributed by atoms with Crippen molar-refractivity contribution in [1.29, 1.82) is 0 Å². The van der Waals surface area contributed by atoms with Crippen LogP contribution >= 0.6 is 0 Å². The van der Waals surface area contributed by atoms with Gasteiger partial charge in [0.15, 0.2) is 0 Å². The largest absolute Gasteiger partial charge is 0.463 e. The average Bonchev–Trinajstić information content (AvgIpc) is 2.55. The topological polar surface area (TPSA) is 72.5 Å². The number of rotatable bonds is 17. The van der Waals surface area contributed by atoms with Gasteiger partial charge in [-0.1, -0.05) is 6.08 Å². The molecular formula is C16H30O7. The second-order valence-corrected chi connectivity index (χ2v) is 4.72. The zero-order valence-electron chi connectivity index (χ0n) is 14.3. The van der Waals surface area contributed by atoms with Crippen LogP contribution in [0.4, 0.5) is 0 Å². The number of esters is 1. The summed E-state index contributed by atoms with van der Waals surface area (Å²) < 4.78 is 31.0. The normalized spacial score (nSPS) is 12.1. The molecule has 0 bridgehead atoms. The summed E-state index contributed by atoms with van der Waals surface area (Å²) in [7, 11) is 1.55. The Hall–Kier alpha value is -0.990. The molecule has 0 saturated carbocycles. The van der Waals surface area contributed by atoms with Gasteiger partial charge in [-0.15, -0.1) is 6.58 Å². The van der Waals surface area contributed by atoms with Gasteiger partial charge in [-0.25, -0.2) is 0 Å². The molecule has 0 amide bonds. The van der Waals surface area contributed by atoms with Crippen LogP contribution in [0.25, 0.3) is 0 Å². The number of ether oxygens (including phenoxy) is 6. The highest BCUT2D eigenvalue weighted by molar-refractivity contribution is 5.72. The molecule has 0 saturated heterocycles. The van der Waals surface area contributed by atoms with Crippen LogP contribution in [0, 0.1) is 5.92 Å². The van der Waals surface area contributed by atoms with Gasteiger partial charge < -0.3 is 28.4 Å². The summed E-state index contributed by atoms with van der Waals surface area (Å²) in [5, 5.41) is 0. The van der Waals surface area contributed by atoms with Gasteiger partial charge in [-0.3, -0.25) is 4.79 Å². The lowest BCUT2D eigenvalue weighted by atomic mass is 10.2. The molecule has 0 aliphatic carbocycles. The Labute approximate surface area is 138 Å². The highest BCUT2D eigenvalue weighted by Crippen LogP contribution is 1.98. The molecule has 0 aromatic rings. The van der Waals surface area contributed by atoms with Crippen molar-refractivity contribution in [1.82, 2.24) is 0 Å². The first-order valence-electron chi connectivity index (χ1n) is 7.79. The highest BCUT2D eigenvalue weighted by atomic mass is 16.6. The van der Waals surface area contributed by atoms with Gasteiger partial charge in [0.2, 0.25) is 0 Å². The molecule has 1 unspecified atom stereocenters. The fraction of sp³-hybridized carbons (Fsp3) is 0.812. The zero-order valence-corrected chi connectivity index (χ0v) is 14.3. The predicted octanol–water partition coefficient (Wildman–Crippen LogP) is 1.06. The lowest BCUT2D eigenvalue weighted by molar-refractivity contribution is -0.151. The van der Waals surface area contributed by atoms with Crippen molar-refractivity contribution in [2.24, 2.45) is 5.92 Å². The van der Waals surface area contributed by atoms with E-state index in [0.717, 1.165) is 0 Å². The Morgan fingerprint density at radius 1 is 0.913 bits per heavy atom. The van der Waals surface area contributed by atoms with Crippen LogP contribution in [0.3, 0.4) is 0 Å². The van der Waals surface area contributed by atoms with Gasteiger partial charge in [-0.05, 0) is 6.92 Å². The molecule has 1 atom stereocenters. The molecule has 0 aromatic carbocycles. The lowest BCUT2D eigenvalue weighted by Crippen LogP contribution is -2.21. The minimum Gasteiger partial charge on any atom is -0.463 e. The highest BCUT2D eigenvalue weighted by Gasteiger charge is 2.13. The summed E-state index contributed by atoms with van der Waals surface area (Å²) in [5.41, 5.74) is 0. The van der Waals surface area contributed by atoms with Crippen molar-refractivity contribution in [3.8, 4) is 0 Å². The molecule has 0 aliphatic rings. The van der Waals surface area contributed by atoms with Gasteiger partial charge in [0.05, 0.1) is 65.4 Å². The zero-order chi connectivity index (χ0) is 17.2. The molecule has 23 heavy (non-hydrogen) atoms. The monoisotopic (exact) mass is 334 g/mol. The average molecular weight is 334 g/mol.